The zero-order chi connectivity index (χ0) is 46.3. The Bertz CT molecular complexity index is 2610. The zero-order valence-corrected chi connectivity index (χ0v) is 36.4. The number of anilines is 2. The Hall–Kier alpha value is -5.95. The van der Waals surface area contributed by atoms with Crippen LogP contribution in [0.2, 0.25) is 15.5 Å². The number of aromatic carboxylic acids is 1. The molecule has 0 aliphatic heterocycles. The molecule has 0 amide bonds. The summed E-state index contributed by atoms with van der Waals surface area (Å²) in [4.78, 5) is 47.8. The molecule has 0 saturated heterocycles. The number of thiophene rings is 2. The van der Waals surface area contributed by atoms with Gasteiger partial charge in [-0.25, -0.2) is 37.1 Å². The van der Waals surface area contributed by atoms with Gasteiger partial charge in [0.15, 0.2) is 22.6 Å². The van der Waals surface area contributed by atoms with Crippen molar-refractivity contribution >= 4 is 120 Å². The molecular formula is C35H27Cl3F4N8O8S3. The summed E-state index contributed by atoms with van der Waals surface area (Å²) >= 11 is 21.7. The fraction of sp³-hybridized carbons (Fsp3) is 0.171. The van der Waals surface area contributed by atoms with Crippen molar-refractivity contribution in [1.29, 1.82) is 10.5 Å². The van der Waals surface area contributed by atoms with E-state index >= 15 is 0 Å². The standard InChI is InChI=1S/C10H9FN2O3S.C9H7FN2O3S.C7H4ClFN2.C6HCl2FN2.C3H6O2S/c1-15-8-5(11)3-4-6(12)7(10(14)16-2)17-9(4)13-8;1-15-7-4(10)2-3-5(11)6(9(13)14)16-8(3)12-7;1-4-6(9)2-5(3-10)7(8)11-4;7-5-3(2-10)1-4(9)6(8)11-5;1-5-3(4)2-6/h3H,12H2,1-2H3;2H,11H2,1H3,(H,13,14);2H,1H3;1H;6H,2H2,1H3. The minimum atomic E-state index is -1.15. The molecular weight excluding hydrogens is 939 g/mol. The smallest absolute Gasteiger partial charge is 0.350 e. The van der Waals surface area contributed by atoms with Crippen LogP contribution in [0.1, 0.15) is 36.2 Å². The molecule has 0 fully saturated rings. The van der Waals surface area contributed by atoms with E-state index in [9.17, 15) is 31.9 Å². The summed E-state index contributed by atoms with van der Waals surface area (Å²) in [6.07, 6.45) is 0. The van der Waals surface area contributed by atoms with E-state index in [2.05, 4.69) is 42.0 Å². The number of ether oxygens (including phenoxy) is 4. The van der Waals surface area contributed by atoms with Crippen LogP contribution in [0.25, 0.3) is 20.4 Å². The van der Waals surface area contributed by atoms with Crippen molar-refractivity contribution < 1.29 is 56.0 Å². The molecule has 6 heterocycles. The molecule has 0 atom stereocenters. The summed E-state index contributed by atoms with van der Waals surface area (Å²) in [6.45, 7) is 1.49. The van der Waals surface area contributed by atoms with E-state index in [1.807, 2.05) is 0 Å². The number of aromatic nitrogens is 4. The van der Waals surface area contributed by atoms with Gasteiger partial charge in [0, 0.05) is 10.8 Å². The minimum Gasteiger partial charge on any atom is -0.479 e. The highest BCUT2D eigenvalue weighted by Crippen LogP contribution is 2.36. The van der Waals surface area contributed by atoms with Crippen molar-refractivity contribution in [3.05, 3.63) is 89.6 Å². The van der Waals surface area contributed by atoms with Gasteiger partial charge in [-0.15, -0.1) is 22.7 Å². The maximum absolute atomic E-state index is 13.4. The Kier molecular flexibility index (Phi) is 19.9. The van der Waals surface area contributed by atoms with Crippen LogP contribution in [0.4, 0.5) is 28.9 Å². The van der Waals surface area contributed by atoms with Crippen molar-refractivity contribution in [3.8, 4) is 23.9 Å². The first-order valence-electron chi connectivity index (χ1n) is 15.7. The molecule has 0 radical (unpaired) electrons. The lowest BCUT2D eigenvalue weighted by Gasteiger charge is -1.99. The average Bonchev–Trinajstić information content (AvgIpc) is 3.74. The third-order valence-electron chi connectivity index (χ3n) is 6.83. The number of nitrogens with zero attached hydrogens (tertiary/aromatic N) is 6. The minimum absolute atomic E-state index is 0.0198. The molecule has 16 nitrogen and oxygen atoms in total. The number of pyridine rings is 4. The van der Waals surface area contributed by atoms with E-state index in [4.69, 9.17) is 71.4 Å². The summed E-state index contributed by atoms with van der Waals surface area (Å²) in [5.74, 6) is -4.70. The number of hydrogen-bond donors (Lipinski definition) is 4. The van der Waals surface area contributed by atoms with Gasteiger partial charge in [0.1, 0.15) is 47.7 Å². The van der Waals surface area contributed by atoms with Gasteiger partial charge in [-0.1, -0.05) is 34.8 Å². The number of nitrogens with two attached hydrogens (primary N) is 2. The van der Waals surface area contributed by atoms with Gasteiger partial charge in [0.05, 0.1) is 62.4 Å². The quantitative estimate of drug-likeness (QED) is 0.0551. The first kappa shape index (κ1) is 51.2. The third kappa shape index (κ3) is 13.5. The topological polar surface area (TPSA) is 260 Å². The fourth-order valence-corrected chi connectivity index (χ4v) is 6.52. The molecule has 0 aliphatic carbocycles. The second-order valence-corrected chi connectivity index (χ2v) is 14.0. The Morgan fingerprint density at radius 2 is 1.16 bits per heavy atom. The van der Waals surface area contributed by atoms with Crippen LogP contribution in [0.5, 0.6) is 11.8 Å². The fourth-order valence-electron chi connectivity index (χ4n) is 3.91. The first-order chi connectivity index (χ1) is 28.7. The predicted molar refractivity (Wildman–Crippen MR) is 223 cm³/mol. The number of methoxy groups -OCH3 is 4. The summed E-state index contributed by atoms with van der Waals surface area (Å²) in [6, 6.07) is 7.73. The van der Waals surface area contributed by atoms with Gasteiger partial charge in [0.25, 0.3) is 11.8 Å². The molecule has 26 heteroatoms. The van der Waals surface area contributed by atoms with E-state index in [0.717, 1.165) is 40.9 Å². The van der Waals surface area contributed by atoms with Crippen LogP contribution in [0.3, 0.4) is 0 Å². The highest BCUT2D eigenvalue weighted by molar-refractivity contribution is 7.81. The Morgan fingerprint density at radius 3 is 1.56 bits per heavy atom. The average molecular weight is 966 g/mol. The number of carbonyl (C=O) groups is 3. The number of nitriles is 2. The SMILES string of the molecule is COC(=O)CS.COC(=O)c1sc2nc(OC)c(F)cc2c1N.COc1nc2sc(C(=O)O)c(N)c2cc1F.Cc1nc(Cl)c(C#N)cc1F.N#Cc1cc(F)c(Cl)nc1Cl. The van der Waals surface area contributed by atoms with E-state index in [1.54, 1.807) is 12.1 Å². The lowest BCUT2D eigenvalue weighted by atomic mass is 10.2. The molecule has 0 spiro atoms. The van der Waals surface area contributed by atoms with Crippen molar-refractivity contribution in [2.75, 3.05) is 45.7 Å². The number of carbonyl (C=O) groups excluding carboxylic acids is 2. The van der Waals surface area contributed by atoms with E-state index in [0.29, 0.717) is 20.4 Å². The number of hydrogen-bond acceptors (Lipinski definition) is 18. The molecule has 6 aromatic rings. The molecule has 5 N–H and O–H groups in total. The van der Waals surface area contributed by atoms with Crippen molar-refractivity contribution in [1.82, 2.24) is 19.9 Å². The van der Waals surface area contributed by atoms with Gasteiger partial charge in [0.2, 0.25) is 0 Å². The number of thiol groups is 1. The maximum atomic E-state index is 13.4. The second kappa shape index (κ2) is 23.7. The molecule has 322 valence electrons. The third-order valence-corrected chi connectivity index (χ3v) is 10.1. The van der Waals surface area contributed by atoms with Crippen molar-refractivity contribution in [2.24, 2.45) is 0 Å². The largest absolute Gasteiger partial charge is 0.479 e. The Balaban J connectivity index is 0.000000272. The van der Waals surface area contributed by atoms with Crippen LogP contribution >= 0.6 is 70.1 Å². The van der Waals surface area contributed by atoms with E-state index < -0.39 is 35.2 Å². The molecule has 0 saturated carbocycles. The normalized spacial score (nSPS) is 9.82. The lowest BCUT2D eigenvalue weighted by molar-refractivity contribution is -0.137. The molecule has 0 unspecified atom stereocenters. The molecule has 6 rings (SSSR count). The Labute approximate surface area is 370 Å². The number of halogens is 7. The highest BCUT2D eigenvalue weighted by atomic mass is 35.5. The molecule has 0 aliphatic rings. The number of rotatable bonds is 5. The van der Waals surface area contributed by atoms with Gasteiger partial charge in [-0.2, -0.15) is 33.1 Å². The molecule has 61 heavy (non-hydrogen) atoms. The van der Waals surface area contributed by atoms with Crippen molar-refractivity contribution in [2.45, 2.75) is 6.92 Å². The maximum Gasteiger partial charge on any atom is 0.350 e. The van der Waals surface area contributed by atoms with Gasteiger partial charge in [-0.3, -0.25) is 4.79 Å². The highest BCUT2D eigenvalue weighted by Gasteiger charge is 2.21. The van der Waals surface area contributed by atoms with Crippen molar-refractivity contribution in [3.63, 3.8) is 0 Å². The first-order valence-corrected chi connectivity index (χ1v) is 19.1. The number of carboxylic acids is 1. The van der Waals surface area contributed by atoms with Crippen LogP contribution in [0.15, 0.2) is 24.3 Å². The molecule has 0 bridgehead atoms. The van der Waals surface area contributed by atoms with Gasteiger partial charge in [-0.05, 0) is 31.2 Å². The monoisotopic (exact) mass is 964 g/mol. The van der Waals surface area contributed by atoms with E-state index in [-0.39, 0.29) is 76.9 Å². The van der Waals surface area contributed by atoms with Crippen LogP contribution in [0, 0.1) is 52.9 Å². The lowest BCUT2D eigenvalue weighted by Crippen LogP contribution is -2.01. The number of fused-ring (bicyclic) bond motifs is 2. The zero-order valence-electron chi connectivity index (χ0n) is 31.6. The number of esters is 2. The summed E-state index contributed by atoms with van der Waals surface area (Å²) < 4.78 is 70.2. The summed E-state index contributed by atoms with van der Waals surface area (Å²) in [7, 11) is 5.18. The van der Waals surface area contributed by atoms with Crippen LogP contribution in [-0.4, -0.2) is 77.1 Å². The summed E-state index contributed by atoms with van der Waals surface area (Å²) in [5.41, 5.74) is 11.8. The Morgan fingerprint density at radius 1 is 0.721 bits per heavy atom. The number of nitrogen functional groups attached to an aromatic ring is 2. The predicted octanol–water partition coefficient (Wildman–Crippen LogP) is 8.08. The molecule has 0 aromatic carbocycles. The van der Waals surface area contributed by atoms with E-state index in [1.165, 1.54) is 41.4 Å². The van der Waals surface area contributed by atoms with Gasteiger partial charge >= 0.3 is 17.9 Å². The second-order valence-electron chi connectivity index (χ2n) is 10.6. The van der Waals surface area contributed by atoms with Crippen LogP contribution in [-0.2, 0) is 14.3 Å². The number of aryl methyl sites for hydroxylation is 1. The summed E-state index contributed by atoms with van der Waals surface area (Å²) in [5, 5.41) is 25.9. The van der Waals surface area contributed by atoms with Gasteiger partial charge < -0.3 is 35.5 Å². The van der Waals surface area contributed by atoms with Crippen LogP contribution < -0.4 is 20.9 Å². The number of carboxylic acid groups (broad SMARTS) is 1. The molecule has 6 aromatic heterocycles.